The molecule has 0 spiro atoms. The molecule has 3 rings (SSSR count). The Balaban J connectivity index is 1.55. The van der Waals surface area contributed by atoms with Crippen molar-refractivity contribution in [1.29, 1.82) is 0 Å². The molecule has 2 heteroatoms. The van der Waals surface area contributed by atoms with Gasteiger partial charge in [0.2, 0.25) is 0 Å². The van der Waals surface area contributed by atoms with Gasteiger partial charge in [0.1, 0.15) is 0 Å². The Morgan fingerprint density at radius 2 is 1.52 bits per heavy atom. The molecule has 2 aliphatic carbocycles. The van der Waals surface area contributed by atoms with Gasteiger partial charge in [-0.15, -0.1) is 0 Å². The molecule has 122 valence electrons. The van der Waals surface area contributed by atoms with E-state index >= 15 is 0 Å². The third-order valence-electron chi connectivity index (χ3n) is 6.34. The third kappa shape index (κ3) is 4.45. The van der Waals surface area contributed by atoms with Gasteiger partial charge in [0, 0.05) is 18.6 Å². The van der Waals surface area contributed by atoms with Crippen LogP contribution in [0.15, 0.2) is 0 Å². The van der Waals surface area contributed by atoms with Gasteiger partial charge >= 0.3 is 0 Å². The van der Waals surface area contributed by atoms with Crippen molar-refractivity contribution < 1.29 is 0 Å². The normalized spacial score (nSPS) is 32.6. The molecule has 2 unspecified atom stereocenters. The van der Waals surface area contributed by atoms with Crippen LogP contribution in [0.4, 0.5) is 0 Å². The minimum Gasteiger partial charge on any atom is -0.317 e. The topological polar surface area (TPSA) is 15.3 Å². The van der Waals surface area contributed by atoms with E-state index in [1.165, 1.54) is 77.4 Å². The van der Waals surface area contributed by atoms with Crippen molar-refractivity contribution in [3.05, 3.63) is 0 Å². The molecule has 1 heterocycles. The Bertz CT molecular complexity index is 305. The van der Waals surface area contributed by atoms with Crippen molar-refractivity contribution in [1.82, 2.24) is 10.2 Å². The number of nitrogens with zero attached hydrogens (tertiary/aromatic N) is 1. The minimum absolute atomic E-state index is 0.891. The first kappa shape index (κ1) is 15.8. The number of nitrogens with one attached hydrogen (secondary N) is 1. The molecule has 2 saturated carbocycles. The highest BCUT2D eigenvalue weighted by Gasteiger charge is 2.36. The van der Waals surface area contributed by atoms with E-state index in [0.29, 0.717) is 0 Å². The molecule has 2 atom stereocenters. The average Bonchev–Trinajstić information content (AvgIpc) is 3.32. The maximum absolute atomic E-state index is 3.52. The lowest BCUT2D eigenvalue weighted by Crippen LogP contribution is -2.42. The van der Waals surface area contributed by atoms with Crippen LogP contribution in [0.2, 0.25) is 0 Å². The van der Waals surface area contributed by atoms with Crippen LogP contribution in [-0.2, 0) is 0 Å². The number of hydrogen-bond donors (Lipinski definition) is 1. The largest absolute Gasteiger partial charge is 0.317 e. The maximum atomic E-state index is 3.52. The zero-order valence-corrected chi connectivity index (χ0v) is 14.3. The predicted octanol–water partition coefficient (Wildman–Crippen LogP) is 4.06. The summed E-state index contributed by atoms with van der Waals surface area (Å²) in [6.07, 6.45) is 13.2. The lowest BCUT2D eigenvalue weighted by Gasteiger charge is -2.36. The first-order valence-corrected chi connectivity index (χ1v) is 9.70. The SMILES string of the molecule is CC(C)C1CCCC(N(CC2CCNCC2)C2CC2)CC1. The Morgan fingerprint density at radius 3 is 2.19 bits per heavy atom. The van der Waals surface area contributed by atoms with Crippen LogP contribution in [0, 0.1) is 17.8 Å². The lowest BCUT2D eigenvalue weighted by molar-refractivity contribution is 0.129. The first-order valence-electron chi connectivity index (χ1n) is 9.70. The molecule has 3 fully saturated rings. The summed E-state index contributed by atoms with van der Waals surface area (Å²) < 4.78 is 0. The molecule has 0 aromatic heterocycles. The fourth-order valence-corrected chi connectivity index (χ4v) is 4.67. The monoisotopic (exact) mass is 292 g/mol. The first-order chi connectivity index (χ1) is 10.2. The van der Waals surface area contributed by atoms with Gasteiger partial charge in [0.15, 0.2) is 0 Å². The highest BCUT2D eigenvalue weighted by atomic mass is 15.2. The van der Waals surface area contributed by atoms with Crippen molar-refractivity contribution in [2.45, 2.75) is 83.7 Å². The smallest absolute Gasteiger partial charge is 0.00994 e. The second-order valence-electron chi connectivity index (χ2n) is 8.29. The van der Waals surface area contributed by atoms with Crippen molar-refractivity contribution in [3.8, 4) is 0 Å². The van der Waals surface area contributed by atoms with E-state index in [-0.39, 0.29) is 0 Å². The molecule has 1 saturated heterocycles. The van der Waals surface area contributed by atoms with Gasteiger partial charge < -0.3 is 5.32 Å². The van der Waals surface area contributed by atoms with Crippen LogP contribution in [0.3, 0.4) is 0 Å². The zero-order valence-electron chi connectivity index (χ0n) is 14.3. The summed E-state index contributed by atoms with van der Waals surface area (Å²) in [6, 6.07) is 1.87. The molecule has 0 aromatic rings. The summed E-state index contributed by atoms with van der Waals surface area (Å²) in [5.41, 5.74) is 0. The van der Waals surface area contributed by atoms with E-state index in [4.69, 9.17) is 0 Å². The molecule has 0 bridgehead atoms. The van der Waals surface area contributed by atoms with Crippen LogP contribution in [0.25, 0.3) is 0 Å². The molecule has 21 heavy (non-hydrogen) atoms. The number of piperidine rings is 1. The van der Waals surface area contributed by atoms with Gasteiger partial charge in [-0.05, 0) is 75.8 Å². The van der Waals surface area contributed by atoms with E-state index in [2.05, 4.69) is 24.1 Å². The summed E-state index contributed by atoms with van der Waals surface area (Å²) in [5.74, 6) is 2.86. The average molecular weight is 293 g/mol. The molecular weight excluding hydrogens is 256 g/mol. The van der Waals surface area contributed by atoms with Gasteiger partial charge in [0.25, 0.3) is 0 Å². The maximum Gasteiger partial charge on any atom is 0.00994 e. The molecule has 3 aliphatic rings. The van der Waals surface area contributed by atoms with E-state index < -0.39 is 0 Å². The van der Waals surface area contributed by atoms with Crippen molar-refractivity contribution >= 4 is 0 Å². The van der Waals surface area contributed by atoms with Crippen LogP contribution in [0.5, 0.6) is 0 Å². The minimum atomic E-state index is 0.891. The molecule has 2 nitrogen and oxygen atoms in total. The summed E-state index contributed by atoms with van der Waals surface area (Å²) in [7, 11) is 0. The molecule has 0 aromatic carbocycles. The van der Waals surface area contributed by atoms with Crippen molar-refractivity contribution in [3.63, 3.8) is 0 Å². The number of rotatable bonds is 5. The highest BCUT2D eigenvalue weighted by Crippen LogP contribution is 2.37. The quantitative estimate of drug-likeness (QED) is 0.769. The Morgan fingerprint density at radius 1 is 0.857 bits per heavy atom. The van der Waals surface area contributed by atoms with Crippen LogP contribution in [-0.4, -0.2) is 36.6 Å². The fourth-order valence-electron chi connectivity index (χ4n) is 4.67. The Hall–Kier alpha value is -0.0800. The van der Waals surface area contributed by atoms with E-state index in [1.807, 2.05) is 0 Å². The van der Waals surface area contributed by atoms with Gasteiger partial charge in [-0.3, -0.25) is 4.90 Å². The molecular formula is C19H36N2. The number of hydrogen-bond acceptors (Lipinski definition) is 2. The second-order valence-corrected chi connectivity index (χ2v) is 8.29. The van der Waals surface area contributed by atoms with Gasteiger partial charge in [-0.2, -0.15) is 0 Å². The van der Waals surface area contributed by atoms with Crippen molar-refractivity contribution in [2.75, 3.05) is 19.6 Å². The van der Waals surface area contributed by atoms with Gasteiger partial charge in [0.05, 0.1) is 0 Å². The van der Waals surface area contributed by atoms with Crippen LogP contribution in [0.1, 0.15) is 71.6 Å². The molecule has 1 aliphatic heterocycles. The predicted molar refractivity (Wildman–Crippen MR) is 90.5 cm³/mol. The standard InChI is InChI=1S/C19H36N2/c1-15(2)17-4-3-5-18(7-6-17)21(19-8-9-19)14-16-10-12-20-13-11-16/h15-20H,3-14H2,1-2H3. The summed E-state index contributed by atoms with van der Waals surface area (Å²) >= 11 is 0. The zero-order chi connectivity index (χ0) is 14.7. The van der Waals surface area contributed by atoms with Gasteiger partial charge in [-0.25, -0.2) is 0 Å². The Labute approximate surface area is 132 Å². The van der Waals surface area contributed by atoms with Crippen LogP contribution < -0.4 is 5.32 Å². The van der Waals surface area contributed by atoms with Crippen molar-refractivity contribution in [2.24, 2.45) is 17.8 Å². The Kier molecular flexibility index (Phi) is 5.61. The van der Waals surface area contributed by atoms with E-state index in [1.54, 1.807) is 0 Å². The summed E-state index contributed by atoms with van der Waals surface area (Å²) in [5, 5.41) is 3.52. The van der Waals surface area contributed by atoms with E-state index in [9.17, 15) is 0 Å². The highest BCUT2D eigenvalue weighted by molar-refractivity contribution is 4.91. The third-order valence-corrected chi connectivity index (χ3v) is 6.34. The molecule has 0 radical (unpaired) electrons. The van der Waals surface area contributed by atoms with Gasteiger partial charge in [-0.1, -0.05) is 26.7 Å². The van der Waals surface area contributed by atoms with E-state index in [0.717, 1.165) is 29.8 Å². The summed E-state index contributed by atoms with van der Waals surface area (Å²) in [4.78, 5) is 2.97. The molecule has 0 amide bonds. The van der Waals surface area contributed by atoms with Crippen LogP contribution >= 0.6 is 0 Å². The fraction of sp³-hybridized carbons (Fsp3) is 1.00. The lowest BCUT2D eigenvalue weighted by atomic mass is 9.89. The second kappa shape index (κ2) is 7.46. The summed E-state index contributed by atoms with van der Waals surface area (Å²) in [6.45, 7) is 8.77. The molecule has 1 N–H and O–H groups in total.